The van der Waals surface area contributed by atoms with Gasteiger partial charge < -0.3 is 9.88 Å². The summed E-state index contributed by atoms with van der Waals surface area (Å²) in [6.07, 6.45) is 9.00. The van der Waals surface area contributed by atoms with Crippen molar-refractivity contribution in [3.63, 3.8) is 0 Å². The van der Waals surface area contributed by atoms with Crippen LogP contribution in [0, 0.1) is 5.92 Å². The Morgan fingerprint density at radius 2 is 2.00 bits per heavy atom. The first kappa shape index (κ1) is 17.4. The quantitative estimate of drug-likeness (QED) is 0.764. The van der Waals surface area contributed by atoms with Crippen LogP contribution in [-0.4, -0.2) is 45.5 Å². The summed E-state index contributed by atoms with van der Waals surface area (Å²) in [4.78, 5) is 20.1. The normalized spacial score (nSPS) is 26.5. The minimum atomic E-state index is 0.0479. The Balaban J connectivity index is 1.42. The number of nitrogens with zero attached hydrogens (tertiary/aromatic N) is 3. The number of amides is 1. The third kappa shape index (κ3) is 3.00. The average molecular weight is 374 g/mol. The molecule has 1 aromatic carbocycles. The maximum Gasteiger partial charge on any atom is 0.253 e. The van der Waals surface area contributed by atoms with Crippen molar-refractivity contribution in [3.8, 4) is 0 Å². The first-order chi connectivity index (χ1) is 13.7. The number of benzene rings is 1. The van der Waals surface area contributed by atoms with Crippen LogP contribution in [0.15, 0.2) is 55.0 Å². The van der Waals surface area contributed by atoms with Gasteiger partial charge in [0, 0.05) is 48.6 Å². The molecular formula is C23H26N4O. The highest BCUT2D eigenvalue weighted by atomic mass is 16.1. The number of hydrogen-bond donors (Lipinski definition) is 1. The van der Waals surface area contributed by atoms with Crippen molar-refractivity contribution < 1.29 is 4.79 Å². The number of carbonyl (C=O) groups excluding carboxylic acids is 1. The van der Waals surface area contributed by atoms with Crippen molar-refractivity contribution in [2.24, 2.45) is 13.0 Å². The second kappa shape index (κ2) is 7.06. The van der Waals surface area contributed by atoms with E-state index in [-0.39, 0.29) is 11.9 Å². The molecule has 28 heavy (non-hydrogen) atoms. The first-order valence-electron chi connectivity index (χ1n) is 10.2. The minimum Gasteiger partial charge on any atom is -0.350 e. The van der Waals surface area contributed by atoms with Crippen molar-refractivity contribution in [3.05, 3.63) is 66.1 Å². The predicted molar refractivity (Wildman–Crippen MR) is 110 cm³/mol. The number of pyridine rings is 1. The first-order valence-corrected chi connectivity index (χ1v) is 10.2. The SMILES string of the molecule is Cn1cc(C(=O)N[C@@H]2C3CCN(CC3)[C@H]2Cc2cccnc2)c2ccccc21. The zero-order valence-corrected chi connectivity index (χ0v) is 16.2. The highest BCUT2D eigenvalue weighted by Gasteiger charge is 2.43. The molecule has 0 radical (unpaired) electrons. The van der Waals surface area contributed by atoms with E-state index in [2.05, 4.69) is 27.3 Å². The number of fused-ring (bicyclic) bond motifs is 4. The van der Waals surface area contributed by atoms with Gasteiger partial charge in [-0.25, -0.2) is 0 Å². The van der Waals surface area contributed by atoms with Gasteiger partial charge in [-0.05, 0) is 56.0 Å². The van der Waals surface area contributed by atoms with Crippen molar-refractivity contribution in [2.45, 2.75) is 31.3 Å². The van der Waals surface area contributed by atoms with Gasteiger partial charge in [-0.3, -0.25) is 14.7 Å². The summed E-state index contributed by atoms with van der Waals surface area (Å²) in [6.45, 7) is 2.27. The summed E-state index contributed by atoms with van der Waals surface area (Å²) in [5.74, 6) is 0.609. The van der Waals surface area contributed by atoms with E-state index in [4.69, 9.17) is 0 Å². The van der Waals surface area contributed by atoms with Crippen LogP contribution in [0.25, 0.3) is 10.9 Å². The van der Waals surface area contributed by atoms with Gasteiger partial charge in [0.05, 0.1) is 5.56 Å². The smallest absolute Gasteiger partial charge is 0.253 e. The summed E-state index contributed by atoms with van der Waals surface area (Å²) in [6, 6.07) is 12.8. The number of carbonyl (C=O) groups is 1. The maximum atomic E-state index is 13.3. The van der Waals surface area contributed by atoms with E-state index in [1.165, 1.54) is 18.4 Å². The lowest BCUT2D eigenvalue weighted by atomic mass is 9.76. The summed E-state index contributed by atoms with van der Waals surface area (Å²) in [5, 5.41) is 4.45. The number of nitrogens with one attached hydrogen (secondary N) is 1. The number of aromatic nitrogens is 2. The Morgan fingerprint density at radius 3 is 2.79 bits per heavy atom. The summed E-state index contributed by atoms with van der Waals surface area (Å²) < 4.78 is 2.04. The molecule has 2 bridgehead atoms. The standard InChI is InChI=1S/C23H26N4O/c1-26-15-19(18-6-2-3-7-20(18)26)23(28)25-22-17-8-11-27(12-9-17)21(22)13-16-5-4-10-24-14-16/h2-7,10,14-15,17,21-22H,8-9,11-13H2,1H3,(H,25,28)/t21-,22+/m0/s1. The maximum absolute atomic E-state index is 13.3. The molecule has 6 rings (SSSR count). The highest BCUT2D eigenvalue weighted by molar-refractivity contribution is 6.07. The molecule has 3 saturated heterocycles. The second-order valence-corrected chi connectivity index (χ2v) is 8.18. The predicted octanol–water partition coefficient (Wildman–Crippen LogP) is 3.01. The third-order valence-corrected chi connectivity index (χ3v) is 6.57. The Labute approximate surface area is 165 Å². The van der Waals surface area contributed by atoms with Crippen molar-refractivity contribution in [1.29, 1.82) is 0 Å². The zero-order chi connectivity index (χ0) is 19.1. The summed E-state index contributed by atoms with van der Waals surface area (Å²) in [5.41, 5.74) is 3.10. The number of aryl methyl sites for hydroxylation is 1. The van der Waals surface area contributed by atoms with Gasteiger partial charge in [-0.1, -0.05) is 24.3 Å². The fraction of sp³-hybridized carbons (Fsp3) is 0.391. The zero-order valence-electron chi connectivity index (χ0n) is 16.2. The molecule has 5 heterocycles. The van der Waals surface area contributed by atoms with E-state index in [1.807, 2.05) is 54.5 Å². The van der Waals surface area contributed by atoms with Gasteiger partial charge in [0.15, 0.2) is 0 Å². The Kier molecular flexibility index (Phi) is 4.40. The lowest BCUT2D eigenvalue weighted by Crippen LogP contribution is -2.64. The number of piperidine rings is 3. The van der Waals surface area contributed by atoms with Gasteiger partial charge >= 0.3 is 0 Å². The largest absolute Gasteiger partial charge is 0.350 e. The molecule has 0 aliphatic carbocycles. The van der Waals surface area contributed by atoms with Gasteiger partial charge in [0.25, 0.3) is 5.91 Å². The van der Waals surface area contributed by atoms with E-state index < -0.39 is 0 Å². The molecule has 3 aromatic rings. The van der Waals surface area contributed by atoms with E-state index in [0.29, 0.717) is 12.0 Å². The monoisotopic (exact) mass is 374 g/mol. The van der Waals surface area contributed by atoms with E-state index in [0.717, 1.165) is 36.0 Å². The number of rotatable bonds is 4. The summed E-state index contributed by atoms with van der Waals surface area (Å²) >= 11 is 0. The third-order valence-electron chi connectivity index (χ3n) is 6.57. The Hall–Kier alpha value is -2.66. The van der Waals surface area contributed by atoms with Crippen LogP contribution in [0.3, 0.4) is 0 Å². The second-order valence-electron chi connectivity index (χ2n) is 8.18. The number of para-hydroxylation sites is 1. The topological polar surface area (TPSA) is 50.2 Å². The van der Waals surface area contributed by atoms with Crippen molar-refractivity contribution in [1.82, 2.24) is 19.8 Å². The molecule has 5 heteroatoms. The molecule has 0 spiro atoms. The molecule has 3 fully saturated rings. The van der Waals surface area contributed by atoms with Crippen LogP contribution < -0.4 is 5.32 Å². The van der Waals surface area contributed by atoms with Crippen molar-refractivity contribution in [2.75, 3.05) is 13.1 Å². The van der Waals surface area contributed by atoms with E-state index in [9.17, 15) is 4.79 Å². The van der Waals surface area contributed by atoms with Crippen LogP contribution in [0.2, 0.25) is 0 Å². The molecule has 1 N–H and O–H groups in total. The molecule has 5 nitrogen and oxygen atoms in total. The minimum absolute atomic E-state index is 0.0479. The lowest BCUT2D eigenvalue weighted by Gasteiger charge is -2.51. The van der Waals surface area contributed by atoms with Gasteiger partial charge in [0.1, 0.15) is 0 Å². The van der Waals surface area contributed by atoms with Crippen LogP contribution in [0.1, 0.15) is 28.8 Å². The fourth-order valence-electron chi connectivity index (χ4n) is 5.13. The van der Waals surface area contributed by atoms with Gasteiger partial charge in [0.2, 0.25) is 0 Å². The fourth-order valence-corrected chi connectivity index (χ4v) is 5.13. The van der Waals surface area contributed by atoms with E-state index >= 15 is 0 Å². The molecule has 2 aromatic heterocycles. The summed E-state index contributed by atoms with van der Waals surface area (Å²) in [7, 11) is 2.00. The lowest BCUT2D eigenvalue weighted by molar-refractivity contribution is 0.0136. The van der Waals surface area contributed by atoms with Crippen LogP contribution in [-0.2, 0) is 13.5 Å². The Morgan fingerprint density at radius 1 is 1.18 bits per heavy atom. The molecule has 144 valence electrons. The molecule has 2 atom stereocenters. The highest BCUT2D eigenvalue weighted by Crippen LogP contribution is 2.34. The van der Waals surface area contributed by atoms with E-state index in [1.54, 1.807) is 0 Å². The molecule has 1 amide bonds. The van der Waals surface area contributed by atoms with Crippen molar-refractivity contribution >= 4 is 16.8 Å². The molecule has 3 aliphatic rings. The molecular weight excluding hydrogens is 348 g/mol. The van der Waals surface area contributed by atoms with Crippen LogP contribution in [0.4, 0.5) is 0 Å². The van der Waals surface area contributed by atoms with Crippen LogP contribution in [0.5, 0.6) is 0 Å². The van der Waals surface area contributed by atoms with Crippen LogP contribution >= 0.6 is 0 Å². The molecule has 0 unspecified atom stereocenters. The van der Waals surface area contributed by atoms with Gasteiger partial charge in [-0.2, -0.15) is 0 Å². The number of hydrogen-bond acceptors (Lipinski definition) is 3. The average Bonchev–Trinajstić information content (AvgIpc) is 3.08. The van der Waals surface area contributed by atoms with Gasteiger partial charge in [-0.15, -0.1) is 0 Å². The molecule has 0 saturated carbocycles. The Bertz CT molecular complexity index is 988. The molecule has 3 aliphatic heterocycles.